The first-order valence-electron chi connectivity index (χ1n) is 8.21. The Balaban J connectivity index is 1.98. The van der Waals surface area contributed by atoms with Crippen LogP contribution < -0.4 is 5.32 Å². The maximum Gasteiger partial charge on any atom is 0.341 e. The number of halogens is 3. The van der Waals surface area contributed by atoms with Gasteiger partial charge in [0.1, 0.15) is 10.6 Å². The summed E-state index contributed by atoms with van der Waals surface area (Å²) in [6, 6.07) is 12.1. The summed E-state index contributed by atoms with van der Waals surface area (Å²) in [6.07, 6.45) is 0. The van der Waals surface area contributed by atoms with Gasteiger partial charge in [-0.15, -0.1) is 11.3 Å². The number of benzene rings is 2. The van der Waals surface area contributed by atoms with Gasteiger partial charge in [-0.2, -0.15) is 0 Å². The highest BCUT2D eigenvalue weighted by Crippen LogP contribution is 2.37. The van der Waals surface area contributed by atoms with Crippen molar-refractivity contribution in [1.82, 2.24) is 0 Å². The summed E-state index contributed by atoms with van der Waals surface area (Å²) < 4.78 is 6.13. The van der Waals surface area contributed by atoms with Crippen molar-refractivity contribution in [2.45, 2.75) is 6.92 Å². The number of amides is 1. The van der Waals surface area contributed by atoms with Crippen molar-refractivity contribution in [2.75, 3.05) is 11.9 Å². The maximum absolute atomic E-state index is 12.6. The Labute approximate surface area is 184 Å². The summed E-state index contributed by atoms with van der Waals surface area (Å²) in [5, 5.41) is 5.65. The van der Waals surface area contributed by atoms with E-state index in [0.29, 0.717) is 26.7 Å². The van der Waals surface area contributed by atoms with E-state index in [-0.39, 0.29) is 11.6 Å². The lowest BCUT2D eigenvalue weighted by Crippen LogP contribution is -2.14. The van der Waals surface area contributed by atoms with Crippen LogP contribution in [-0.2, 0) is 4.74 Å². The first kappa shape index (κ1) is 20.9. The molecule has 4 nitrogen and oxygen atoms in total. The van der Waals surface area contributed by atoms with Crippen molar-refractivity contribution >= 4 is 67.3 Å². The fourth-order valence-corrected chi connectivity index (χ4v) is 4.03. The van der Waals surface area contributed by atoms with E-state index in [1.165, 1.54) is 17.4 Å². The smallest absolute Gasteiger partial charge is 0.341 e. The van der Waals surface area contributed by atoms with Crippen molar-refractivity contribution in [3.8, 4) is 11.1 Å². The number of rotatable bonds is 5. The standard InChI is InChI=1S/C20H14BrCl2NO3S/c1-2-27-20(26)17-14(11-3-6-13(21)7-4-11)10-28-19(17)24-18(25)12-5-8-15(22)16(23)9-12/h3-10H,2H2,1H3,(H,24,25). The molecule has 3 rings (SSSR count). The van der Waals surface area contributed by atoms with E-state index in [9.17, 15) is 9.59 Å². The summed E-state index contributed by atoms with van der Waals surface area (Å²) in [5.74, 6) is -0.889. The molecule has 3 aromatic rings. The first-order chi connectivity index (χ1) is 13.4. The second kappa shape index (κ2) is 9.09. The Morgan fingerprint density at radius 2 is 1.82 bits per heavy atom. The molecule has 0 bridgehead atoms. The molecule has 0 fully saturated rings. The molecule has 1 amide bonds. The minimum atomic E-state index is -0.494. The largest absolute Gasteiger partial charge is 0.462 e. The molecule has 144 valence electrons. The number of hydrogen-bond donors (Lipinski definition) is 1. The fourth-order valence-electron chi connectivity index (χ4n) is 2.51. The van der Waals surface area contributed by atoms with Gasteiger partial charge in [0.05, 0.1) is 16.7 Å². The number of anilines is 1. The van der Waals surface area contributed by atoms with Crippen LogP contribution >= 0.6 is 50.5 Å². The number of ether oxygens (including phenoxy) is 1. The van der Waals surface area contributed by atoms with Crippen molar-refractivity contribution in [2.24, 2.45) is 0 Å². The van der Waals surface area contributed by atoms with Crippen molar-refractivity contribution < 1.29 is 14.3 Å². The monoisotopic (exact) mass is 497 g/mol. The quantitative estimate of drug-likeness (QED) is 0.388. The number of carbonyl (C=O) groups excluding carboxylic acids is 2. The topological polar surface area (TPSA) is 55.4 Å². The Morgan fingerprint density at radius 3 is 2.46 bits per heavy atom. The molecule has 0 unspecified atom stereocenters. The lowest BCUT2D eigenvalue weighted by Gasteiger charge is -2.09. The van der Waals surface area contributed by atoms with Crippen molar-refractivity contribution in [1.29, 1.82) is 0 Å². The highest BCUT2D eigenvalue weighted by Gasteiger charge is 2.23. The molecule has 0 aliphatic carbocycles. The summed E-state index contributed by atoms with van der Waals surface area (Å²) in [5.41, 5.74) is 2.20. The molecule has 28 heavy (non-hydrogen) atoms. The van der Waals surface area contributed by atoms with E-state index in [2.05, 4.69) is 21.2 Å². The number of esters is 1. The zero-order chi connectivity index (χ0) is 20.3. The number of carbonyl (C=O) groups is 2. The molecule has 1 N–H and O–H groups in total. The molecular formula is C20H14BrCl2NO3S. The van der Waals surface area contributed by atoms with E-state index in [1.54, 1.807) is 19.1 Å². The first-order valence-corrected chi connectivity index (χ1v) is 10.6. The molecule has 0 spiro atoms. The Kier molecular flexibility index (Phi) is 6.78. The van der Waals surface area contributed by atoms with Crippen LogP contribution in [0, 0.1) is 0 Å². The van der Waals surface area contributed by atoms with Gasteiger partial charge in [-0.25, -0.2) is 4.79 Å². The second-order valence-corrected chi connectivity index (χ2v) is 8.27. The molecule has 2 aromatic carbocycles. The van der Waals surface area contributed by atoms with Gasteiger partial charge in [0.2, 0.25) is 0 Å². The summed E-state index contributed by atoms with van der Waals surface area (Å²) in [7, 11) is 0. The fraction of sp³-hybridized carbons (Fsp3) is 0.100. The molecule has 0 aliphatic rings. The second-order valence-electron chi connectivity index (χ2n) is 5.66. The van der Waals surface area contributed by atoms with E-state index < -0.39 is 11.9 Å². The molecule has 0 saturated heterocycles. The van der Waals surface area contributed by atoms with Crippen LogP contribution in [0.3, 0.4) is 0 Å². The third-order valence-electron chi connectivity index (χ3n) is 3.83. The lowest BCUT2D eigenvalue weighted by molar-refractivity contribution is 0.0529. The molecule has 8 heteroatoms. The van der Waals surface area contributed by atoms with Gasteiger partial charge < -0.3 is 10.1 Å². The molecule has 0 aliphatic heterocycles. The van der Waals surface area contributed by atoms with E-state index in [1.807, 2.05) is 29.6 Å². The zero-order valence-electron chi connectivity index (χ0n) is 14.6. The van der Waals surface area contributed by atoms with Gasteiger partial charge in [0, 0.05) is 21.0 Å². The van der Waals surface area contributed by atoms with Crippen LogP contribution in [0.25, 0.3) is 11.1 Å². The van der Waals surface area contributed by atoms with Crippen LogP contribution in [0.5, 0.6) is 0 Å². The third kappa shape index (κ3) is 4.58. The molecule has 0 radical (unpaired) electrons. The van der Waals surface area contributed by atoms with Gasteiger partial charge in [-0.1, -0.05) is 51.3 Å². The van der Waals surface area contributed by atoms with Crippen molar-refractivity contribution in [3.05, 3.63) is 73.5 Å². The van der Waals surface area contributed by atoms with E-state index in [4.69, 9.17) is 27.9 Å². The highest BCUT2D eigenvalue weighted by molar-refractivity contribution is 9.10. The van der Waals surface area contributed by atoms with Gasteiger partial charge >= 0.3 is 5.97 Å². The molecule has 1 heterocycles. The van der Waals surface area contributed by atoms with Gasteiger partial charge in [0.15, 0.2) is 0 Å². The van der Waals surface area contributed by atoms with Gasteiger partial charge in [-0.3, -0.25) is 4.79 Å². The Hall–Kier alpha value is -1.86. The van der Waals surface area contributed by atoms with Crippen LogP contribution in [0.1, 0.15) is 27.6 Å². The zero-order valence-corrected chi connectivity index (χ0v) is 18.5. The van der Waals surface area contributed by atoms with Crippen LogP contribution in [0.2, 0.25) is 10.0 Å². The normalized spacial score (nSPS) is 10.6. The molecular weight excluding hydrogens is 485 g/mol. The third-order valence-corrected chi connectivity index (χ3v) is 6.00. The maximum atomic E-state index is 12.6. The highest BCUT2D eigenvalue weighted by atomic mass is 79.9. The molecule has 0 saturated carbocycles. The predicted octanol–water partition coefficient (Wildman–Crippen LogP) is 6.91. The molecule has 1 aromatic heterocycles. The lowest BCUT2D eigenvalue weighted by atomic mass is 10.0. The summed E-state index contributed by atoms with van der Waals surface area (Å²) in [6.45, 7) is 1.96. The number of thiophene rings is 1. The summed E-state index contributed by atoms with van der Waals surface area (Å²) >= 11 is 16.6. The molecule has 0 atom stereocenters. The van der Waals surface area contributed by atoms with Crippen LogP contribution in [-0.4, -0.2) is 18.5 Å². The Bertz CT molecular complexity index is 1030. The SMILES string of the molecule is CCOC(=O)c1c(-c2ccc(Br)cc2)csc1NC(=O)c1ccc(Cl)c(Cl)c1. The Morgan fingerprint density at radius 1 is 1.11 bits per heavy atom. The van der Waals surface area contributed by atoms with Gasteiger partial charge in [-0.05, 0) is 42.8 Å². The predicted molar refractivity (Wildman–Crippen MR) is 118 cm³/mol. The van der Waals surface area contributed by atoms with Gasteiger partial charge in [0.25, 0.3) is 5.91 Å². The average Bonchev–Trinajstić information content (AvgIpc) is 3.08. The van der Waals surface area contributed by atoms with Crippen LogP contribution in [0.15, 0.2) is 52.3 Å². The van der Waals surface area contributed by atoms with E-state index >= 15 is 0 Å². The minimum absolute atomic E-state index is 0.231. The van der Waals surface area contributed by atoms with E-state index in [0.717, 1.165) is 10.0 Å². The number of nitrogens with one attached hydrogen (secondary N) is 1. The van der Waals surface area contributed by atoms with Crippen molar-refractivity contribution in [3.63, 3.8) is 0 Å². The number of hydrogen-bond acceptors (Lipinski definition) is 4. The minimum Gasteiger partial charge on any atom is -0.462 e. The average molecular weight is 499 g/mol. The van der Waals surface area contributed by atoms with Crippen LogP contribution in [0.4, 0.5) is 5.00 Å². The summed E-state index contributed by atoms with van der Waals surface area (Å²) in [4.78, 5) is 25.2.